The number of carbonyl (C=O) groups excluding carboxylic acids is 1. The number of carbonyl (C=O) groups is 1. The number of nitrogens with zero attached hydrogens (tertiary/aromatic N) is 5. The molecule has 1 aliphatic rings. The molecule has 0 radical (unpaired) electrons. The molecular formula is C21H28FN5O3S. The van der Waals surface area contributed by atoms with E-state index in [0.717, 1.165) is 18.9 Å². The van der Waals surface area contributed by atoms with Gasteiger partial charge in [-0.25, -0.2) is 22.8 Å². The third-order valence-electron chi connectivity index (χ3n) is 5.41. The highest BCUT2D eigenvalue weighted by Gasteiger charge is 2.31. The molecule has 168 valence electrons. The molecule has 0 unspecified atom stereocenters. The van der Waals surface area contributed by atoms with Gasteiger partial charge < -0.3 is 9.80 Å². The number of amides is 1. The van der Waals surface area contributed by atoms with Gasteiger partial charge in [0.05, 0.1) is 23.2 Å². The molecule has 0 N–H and O–H groups in total. The normalized spacial score (nSPS) is 16.7. The number of hydrogen-bond donors (Lipinski definition) is 0. The monoisotopic (exact) mass is 449 g/mol. The fraction of sp³-hybridized carbons (Fsp3) is 0.476. The van der Waals surface area contributed by atoms with Crippen molar-refractivity contribution in [1.29, 1.82) is 0 Å². The van der Waals surface area contributed by atoms with Gasteiger partial charge in [0, 0.05) is 40.7 Å². The Balaban J connectivity index is 1.95. The highest BCUT2D eigenvalue weighted by molar-refractivity contribution is 7.89. The summed E-state index contributed by atoms with van der Waals surface area (Å²) < 4.78 is 40.8. The predicted octanol–water partition coefficient (Wildman–Crippen LogP) is 2.49. The molecule has 0 bridgehead atoms. The molecule has 0 spiro atoms. The lowest BCUT2D eigenvalue weighted by atomic mass is 10.2. The van der Waals surface area contributed by atoms with E-state index in [4.69, 9.17) is 0 Å². The van der Waals surface area contributed by atoms with Crippen molar-refractivity contribution in [3.8, 4) is 0 Å². The van der Waals surface area contributed by atoms with Crippen LogP contribution in [0.4, 0.5) is 10.2 Å². The lowest BCUT2D eigenvalue weighted by Crippen LogP contribution is -2.31. The van der Waals surface area contributed by atoms with Crippen LogP contribution in [0.5, 0.6) is 0 Å². The number of halogens is 1. The van der Waals surface area contributed by atoms with Gasteiger partial charge in [-0.1, -0.05) is 0 Å². The third-order valence-corrected chi connectivity index (χ3v) is 7.37. The molecule has 2 heterocycles. The lowest BCUT2D eigenvalue weighted by molar-refractivity contribution is -0.129. The van der Waals surface area contributed by atoms with Crippen molar-refractivity contribution in [3.63, 3.8) is 0 Å². The summed E-state index contributed by atoms with van der Waals surface area (Å²) in [6, 6.07) is 5.12. The maximum absolute atomic E-state index is 13.4. The number of likely N-dealkylation sites (tertiary alicyclic amines) is 1. The Labute approximate surface area is 182 Å². The first-order valence-corrected chi connectivity index (χ1v) is 11.5. The van der Waals surface area contributed by atoms with Crippen LogP contribution in [0.2, 0.25) is 0 Å². The summed E-state index contributed by atoms with van der Waals surface area (Å²) >= 11 is 0. The van der Waals surface area contributed by atoms with Crippen molar-refractivity contribution >= 4 is 21.7 Å². The van der Waals surface area contributed by atoms with E-state index in [-0.39, 0.29) is 23.4 Å². The van der Waals surface area contributed by atoms with E-state index in [9.17, 15) is 17.6 Å². The Morgan fingerprint density at radius 1 is 1.23 bits per heavy atom. The molecule has 8 nitrogen and oxygen atoms in total. The summed E-state index contributed by atoms with van der Waals surface area (Å²) in [6.07, 6.45) is 1.63. The van der Waals surface area contributed by atoms with Crippen molar-refractivity contribution in [3.05, 3.63) is 47.2 Å². The Morgan fingerprint density at radius 2 is 1.94 bits per heavy atom. The molecule has 1 fully saturated rings. The average molecular weight is 450 g/mol. The van der Waals surface area contributed by atoms with Gasteiger partial charge in [0.2, 0.25) is 15.9 Å². The largest absolute Gasteiger partial charge is 0.363 e. The Bertz CT molecular complexity index is 1090. The third kappa shape index (κ3) is 4.85. The summed E-state index contributed by atoms with van der Waals surface area (Å²) in [4.78, 5) is 24.9. The zero-order chi connectivity index (χ0) is 22.9. The zero-order valence-corrected chi connectivity index (χ0v) is 19.3. The Morgan fingerprint density at radius 3 is 2.55 bits per heavy atom. The summed E-state index contributed by atoms with van der Waals surface area (Å²) in [5, 5.41) is 0. The fourth-order valence-electron chi connectivity index (χ4n) is 3.76. The summed E-state index contributed by atoms with van der Waals surface area (Å²) in [5.41, 5.74) is 0.863. The predicted molar refractivity (Wildman–Crippen MR) is 116 cm³/mol. The summed E-state index contributed by atoms with van der Waals surface area (Å²) in [5.74, 6) is 0.632. The van der Waals surface area contributed by atoms with Crippen molar-refractivity contribution < 1.29 is 17.6 Å². The first-order valence-electron chi connectivity index (χ1n) is 10.1. The first kappa shape index (κ1) is 23.1. The van der Waals surface area contributed by atoms with Crippen molar-refractivity contribution in [2.24, 2.45) is 0 Å². The fourth-order valence-corrected chi connectivity index (χ4v) is 5.10. The number of rotatable bonds is 6. The maximum Gasteiger partial charge on any atom is 0.243 e. The van der Waals surface area contributed by atoms with E-state index >= 15 is 0 Å². The number of aryl methyl sites for hydroxylation is 1. The van der Waals surface area contributed by atoms with Crippen molar-refractivity contribution in [2.75, 3.05) is 32.6 Å². The van der Waals surface area contributed by atoms with Gasteiger partial charge in [-0.05, 0) is 43.5 Å². The van der Waals surface area contributed by atoms with Crippen molar-refractivity contribution in [2.45, 2.75) is 44.2 Å². The van der Waals surface area contributed by atoms with Gasteiger partial charge >= 0.3 is 0 Å². The van der Waals surface area contributed by atoms with E-state index in [0.29, 0.717) is 29.4 Å². The second-order valence-corrected chi connectivity index (χ2v) is 10.0. The molecule has 1 atom stereocenters. The summed E-state index contributed by atoms with van der Waals surface area (Å²) in [6.45, 7) is 3.76. The van der Waals surface area contributed by atoms with Gasteiger partial charge in [0.15, 0.2) is 5.82 Å². The van der Waals surface area contributed by atoms with Crippen LogP contribution in [-0.2, 0) is 21.4 Å². The van der Waals surface area contributed by atoms with E-state index < -0.39 is 15.8 Å². The second kappa shape index (κ2) is 8.88. The minimum Gasteiger partial charge on any atom is -0.363 e. The van der Waals surface area contributed by atoms with E-state index in [2.05, 4.69) is 9.97 Å². The van der Waals surface area contributed by atoms with Crippen LogP contribution < -0.4 is 4.90 Å². The molecule has 0 aliphatic carbocycles. The SMILES string of the molecule is CC(=O)N1CCC[C@H]1c1nc(CN(C)S(=O)(=O)c2ccc(F)cc2C)cc(N(C)C)n1. The average Bonchev–Trinajstić information content (AvgIpc) is 3.17. The van der Waals surface area contributed by atoms with Crippen LogP contribution in [0.1, 0.15) is 42.9 Å². The molecule has 10 heteroatoms. The van der Waals surface area contributed by atoms with Gasteiger partial charge in [0.25, 0.3) is 0 Å². The first-order chi connectivity index (χ1) is 14.5. The number of aromatic nitrogens is 2. The molecule has 0 saturated carbocycles. The second-order valence-electron chi connectivity index (χ2n) is 8.01. The molecule has 1 aromatic heterocycles. The molecule has 2 aromatic rings. The number of hydrogen-bond acceptors (Lipinski definition) is 6. The molecule has 1 aliphatic heterocycles. The standard InChI is InChI=1S/C21H28FN5O3S/c1-14-11-16(22)8-9-19(14)31(29,30)26(5)13-17-12-20(25(3)4)24-21(23-17)18-7-6-10-27(18)15(2)28/h8-9,11-12,18H,6-7,10,13H2,1-5H3/t18-/m0/s1. The number of benzene rings is 1. The quantitative estimate of drug-likeness (QED) is 0.674. The lowest BCUT2D eigenvalue weighted by Gasteiger charge is -2.24. The molecule has 1 amide bonds. The van der Waals surface area contributed by atoms with Gasteiger partial charge in [-0.15, -0.1) is 0 Å². The number of anilines is 1. The van der Waals surface area contributed by atoms with Crippen LogP contribution in [0.3, 0.4) is 0 Å². The molecule has 1 aromatic carbocycles. The maximum atomic E-state index is 13.4. The minimum atomic E-state index is -3.85. The van der Waals surface area contributed by atoms with Crippen LogP contribution in [0.15, 0.2) is 29.2 Å². The topological polar surface area (TPSA) is 86.7 Å². The van der Waals surface area contributed by atoms with E-state index in [1.54, 1.807) is 17.9 Å². The van der Waals surface area contributed by atoms with Gasteiger partial charge in [-0.3, -0.25) is 4.79 Å². The van der Waals surface area contributed by atoms with Crippen LogP contribution in [0, 0.1) is 12.7 Å². The van der Waals surface area contributed by atoms with E-state index in [1.165, 1.54) is 30.4 Å². The van der Waals surface area contributed by atoms with E-state index in [1.807, 2.05) is 19.0 Å². The van der Waals surface area contributed by atoms with Gasteiger partial charge in [-0.2, -0.15) is 4.31 Å². The Kier molecular flexibility index (Phi) is 6.61. The zero-order valence-electron chi connectivity index (χ0n) is 18.5. The minimum absolute atomic E-state index is 0.0162. The van der Waals surface area contributed by atoms with Crippen LogP contribution in [0.25, 0.3) is 0 Å². The van der Waals surface area contributed by atoms with Crippen LogP contribution >= 0.6 is 0 Å². The molecule has 1 saturated heterocycles. The molecule has 31 heavy (non-hydrogen) atoms. The smallest absolute Gasteiger partial charge is 0.243 e. The highest BCUT2D eigenvalue weighted by Crippen LogP contribution is 2.31. The molecule has 3 rings (SSSR count). The molecular weight excluding hydrogens is 421 g/mol. The van der Waals surface area contributed by atoms with Crippen molar-refractivity contribution in [1.82, 2.24) is 19.2 Å². The van der Waals surface area contributed by atoms with Crippen LogP contribution in [-0.4, -0.2) is 61.2 Å². The number of sulfonamides is 1. The summed E-state index contributed by atoms with van der Waals surface area (Å²) in [7, 11) is 1.31. The van der Waals surface area contributed by atoms with Gasteiger partial charge in [0.1, 0.15) is 11.6 Å². The Hall–Kier alpha value is -2.59. The highest BCUT2D eigenvalue weighted by atomic mass is 32.2.